The number of hydrogen-bond donors (Lipinski definition) is 0. The van der Waals surface area contributed by atoms with E-state index in [0.29, 0.717) is 24.4 Å². The average molecular weight is 285 g/mol. The van der Waals surface area contributed by atoms with Crippen molar-refractivity contribution in [2.75, 3.05) is 53.7 Å². The van der Waals surface area contributed by atoms with Crippen LogP contribution in [0.5, 0.6) is 0 Å². The third-order valence-electron chi connectivity index (χ3n) is 4.93. The lowest BCUT2D eigenvalue weighted by Gasteiger charge is -2.48. The van der Waals surface area contributed by atoms with Gasteiger partial charge >= 0.3 is 0 Å². The average Bonchev–Trinajstić information content (AvgIpc) is 2.48. The summed E-state index contributed by atoms with van der Waals surface area (Å²) in [5.74, 6) is 0.689. The van der Waals surface area contributed by atoms with Crippen LogP contribution in [0.4, 0.5) is 0 Å². The molecule has 0 bridgehead atoms. The van der Waals surface area contributed by atoms with Crippen LogP contribution in [0, 0.1) is 11.3 Å². The van der Waals surface area contributed by atoms with Gasteiger partial charge in [0.15, 0.2) is 0 Å². The molecule has 1 spiro atoms. The number of piperidine rings is 1. The summed E-state index contributed by atoms with van der Waals surface area (Å²) in [5, 5.41) is 0. The summed E-state index contributed by atoms with van der Waals surface area (Å²) < 4.78 is 16.0. The number of likely N-dealkylation sites (tertiary alicyclic amines) is 1. The minimum Gasteiger partial charge on any atom is -0.384 e. The minimum absolute atomic E-state index is 0.219. The summed E-state index contributed by atoms with van der Waals surface area (Å²) in [6.45, 7) is 4.65. The first-order valence-corrected chi connectivity index (χ1v) is 7.55. The zero-order valence-electron chi connectivity index (χ0n) is 12.7. The fourth-order valence-corrected chi connectivity index (χ4v) is 3.52. The monoisotopic (exact) mass is 285 g/mol. The van der Waals surface area contributed by atoms with Gasteiger partial charge in [-0.2, -0.15) is 0 Å². The van der Waals surface area contributed by atoms with Crippen molar-refractivity contribution in [2.24, 2.45) is 11.3 Å². The van der Waals surface area contributed by atoms with Crippen molar-refractivity contribution in [3.05, 3.63) is 0 Å². The van der Waals surface area contributed by atoms with Gasteiger partial charge in [-0.25, -0.2) is 0 Å². The second-order valence-electron chi connectivity index (χ2n) is 5.96. The van der Waals surface area contributed by atoms with Crippen LogP contribution in [0.3, 0.4) is 0 Å². The van der Waals surface area contributed by atoms with E-state index in [1.54, 1.807) is 14.2 Å². The fraction of sp³-hybridized carbons (Fsp3) is 0.933. The van der Waals surface area contributed by atoms with Crippen LogP contribution in [0.1, 0.15) is 25.7 Å². The van der Waals surface area contributed by atoms with Crippen molar-refractivity contribution in [3.63, 3.8) is 0 Å². The van der Waals surface area contributed by atoms with Gasteiger partial charge in [0, 0.05) is 39.8 Å². The van der Waals surface area contributed by atoms with Gasteiger partial charge in [0.2, 0.25) is 5.91 Å². The number of hydrogen-bond acceptors (Lipinski definition) is 4. The fourth-order valence-electron chi connectivity index (χ4n) is 3.52. The summed E-state index contributed by atoms with van der Waals surface area (Å²) in [5.41, 5.74) is 0.312. The summed E-state index contributed by atoms with van der Waals surface area (Å²) in [6.07, 6.45) is 3.74. The zero-order valence-corrected chi connectivity index (χ0v) is 12.7. The molecule has 116 valence electrons. The molecule has 0 aromatic heterocycles. The van der Waals surface area contributed by atoms with E-state index in [2.05, 4.69) is 0 Å². The second-order valence-corrected chi connectivity index (χ2v) is 5.96. The highest BCUT2D eigenvalue weighted by molar-refractivity contribution is 5.76. The van der Waals surface area contributed by atoms with Gasteiger partial charge in [-0.3, -0.25) is 4.79 Å². The Morgan fingerprint density at radius 2 is 2.00 bits per heavy atom. The molecule has 5 heteroatoms. The summed E-state index contributed by atoms with van der Waals surface area (Å²) in [7, 11) is 3.39. The van der Waals surface area contributed by atoms with E-state index in [1.165, 1.54) is 0 Å². The molecule has 2 aliphatic heterocycles. The van der Waals surface area contributed by atoms with Crippen molar-refractivity contribution in [1.29, 1.82) is 0 Å². The van der Waals surface area contributed by atoms with E-state index < -0.39 is 0 Å². The van der Waals surface area contributed by atoms with E-state index in [4.69, 9.17) is 14.2 Å². The zero-order chi connectivity index (χ0) is 14.4. The normalized spacial score (nSPS) is 25.9. The Hall–Kier alpha value is -0.650. The largest absolute Gasteiger partial charge is 0.384 e. The van der Waals surface area contributed by atoms with Gasteiger partial charge in [-0.05, 0) is 24.7 Å². The quantitative estimate of drug-likeness (QED) is 0.764. The van der Waals surface area contributed by atoms with Crippen LogP contribution in [0.2, 0.25) is 0 Å². The Kier molecular flexibility index (Phi) is 5.81. The van der Waals surface area contributed by atoms with Crippen LogP contribution in [0.15, 0.2) is 0 Å². The van der Waals surface area contributed by atoms with Gasteiger partial charge in [0.05, 0.1) is 26.2 Å². The van der Waals surface area contributed by atoms with Crippen LogP contribution in [-0.4, -0.2) is 64.5 Å². The second kappa shape index (κ2) is 7.38. The molecule has 2 fully saturated rings. The molecule has 20 heavy (non-hydrogen) atoms. The molecule has 1 amide bonds. The van der Waals surface area contributed by atoms with Gasteiger partial charge in [-0.1, -0.05) is 0 Å². The molecule has 2 rings (SSSR count). The number of rotatable bonds is 5. The topological polar surface area (TPSA) is 48.0 Å². The lowest BCUT2D eigenvalue weighted by atomic mass is 9.66. The lowest BCUT2D eigenvalue weighted by molar-refractivity contribution is -0.139. The number of carbonyl (C=O) groups excluding carboxylic acids is 1. The SMILES string of the molecule is COCCC(=O)N1CCC2(CCOCC2COC)CC1. The Bertz CT molecular complexity index is 311. The summed E-state index contributed by atoms with van der Waals surface area (Å²) in [4.78, 5) is 14.0. The number of ether oxygens (including phenoxy) is 3. The molecular formula is C15H27NO4. The molecule has 0 aromatic rings. The molecule has 0 aliphatic carbocycles. The van der Waals surface area contributed by atoms with E-state index >= 15 is 0 Å². The van der Waals surface area contributed by atoms with Gasteiger partial charge < -0.3 is 19.1 Å². The standard InChI is InChI=1S/C15H27NO4/c1-18-9-3-14(17)16-7-4-15(5-8-16)6-10-20-12-13(15)11-19-2/h13H,3-12H2,1-2H3. The molecule has 0 N–H and O–H groups in total. The molecule has 2 heterocycles. The molecule has 2 saturated heterocycles. The van der Waals surface area contributed by atoms with Gasteiger partial charge in [0.25, 0.3) is 0 Å². The predicted octanol–water partition coefficient (Wildman–Crippen LogP) is 1.31. The molecule has 0 radical (unpaired) electrons. The van der Waals surface area contributed by atoms with E-state index in [1.807, 2.05) is 4.90 Å². The van der Waals surface area contributed by atoms with Crippen molar-refractivity contribution < 1.29 is 19.0 Å². The maximum absolute atomic E-state index is 12.0. The Labute approximate surface area is 121 Å². The highest BCUT2D eigenvalue weighted by atomic mass is 16.5. The third kappa shape index (κ3) is 3.51. The first-order chi connectivity index (χ1) is 9.72. The number of nitrogens with zero attached hydrogens (tertiary/aromatic N) is 1. The minimum atomic E-state index is 0.219. The van der Waals surface area contributed by atoms with E-state index in [-0.39, 0.29) is 5.91 Å². The molecular weight excluding hydrogens is 258 g/mol. The van der Waals surface area contributed by atoms with Crippen molar-refractivity contribution in [2.45, 2.75) is 25.7 Å². The summed E-state index contributed by atoms with van der Waals surface area (Å²) >= 11 is 0. The van der Waals surface area contributed by atoms with Crippen LogP contribution in [0.25, 0.3) is 0 Å². The molecule has 1 atom stereocenters. The maximum atomic E-state index is 12.0. The smallest absolute Gasteiger partial charge is 0.224 e. The first-order valence-electron chi connectivity index (χ1n) is 7.55. The number of amides is 1. The Morgan fingerprint density at radius 1 is 1.25 bits per heavy atom. The maximum Gasteiger partial charge on any atom is 0.224 e. The summed E-state index contributed by atoms with van der Waals surface area (Å²) in [6, 6.07) is 0. The number of methoxy groups -OCH3 is 2. The Morgan fingerprint density at radius 3 is 2.65 bits per heavy atom. The Balaban J connectivity index is 1.89. The molecule has 0 saturated carbocycles. The van der Waals surface area contributed by atoms with Crippen molar-refractivity contribution in [1.82, 2.24) is 4.90 Å². The molecule has 1 unspecified atom stereocenters. The van der Waals surface area contributed by atoms with Crippen LogP contribution >= 0.6 is 0 Å². The highest BCUT2D eigenvalue weighted by Crippen LogP contribution is 2.44. The van der Waals surface area contributed by atoms with Gasteiger partial charge in [0.1, 0.15) is 0 Å². The molecule has 5 nitrogen and oxygen atoms in total. The lowest BCUT2D eigenvalue weighted by Crippen LogP contribution is -2.50. The third-order valence-corrected chi connectivity index (χ3v) is 4.93. The molecule has 2 aliphatic rings. The molecule has 0 aromatic carbocycles. The van der Waals surface area contributed by atoms with Crippen molar-refractivity contribution >= 4 is 5.91 Å². The van der Waals surface area contributed by atoms with Crippen LogP contribution in [-0.2, 0) is 19.0 Å². The highest BCUT2D eigenvalue weighted by Gasteiger charge is 2.43. The van der Waals surface area contributed by atoms with Crippen molar-refractivity contribution in [3.8, 4) is 0 Å². The first kappa shape index (κ1) is 15.7. The van der Waals surface area contributed by atoms with E-state index in [0.717, 1.165) is 52.2 Å². The predicted molar refractivity (Wildman–Crippen MR) is 75.5 cm³/mol. The van der Waals surface area contributed by atoms with Gasteiger partial charge in [-0.15, -0.1) is 0 Å². The van der Waals surface area contributed by atoms with E-state index in [9.17, 15) is 4.79 Å². The van der Waals surface area contributed by atoms with Crippen LogP contribution < -0.4 is 0 Å². The number of carbonyl (C=O) groups is 1.